The highest BCUT2D eigenvalue weighted by Gasteiger charge is 2.32. The van der Waals surface area contributed by atoms with E-state index < -0.39 is 0 Å². The standard InChI is InChI=1S/C22H26FNO3/c1-15(2)24-10-9-20(16-3-5-18(23)6-4-16)17(12-24)13-25-19-7-8-21-22(11-19)27-14-26-21/h3-8,11,15,17,20H,9-10,12-14H2,1-2H3/t17-,20-/m0/s1. The van der Waals surface area contributed by atoms with Crippen LogP contribution < -0.4 is 14.2 Å². The van der Waals surface area contributed by atoms with Crippen LogP contribution in [0.15, 0.2) is 42.5 Å². The van der Waals surface area contributed by atoms with Gasteiger partial charge in [0.2, 0.25) is 6.79 Å². The van der Waals surface area contributed by atoms with Crippen molar-refractivity contribution in [2.75, 3.05) is 26.5 Å². The molecular weight excluding hydrogens is 345 g/mol. The van der Waals surface area contributed by atoms with Crippen molar-refractivity contribution in [3.8, 4) is 17.2 Å². The summed E-state index contributed by atoms with van der Waals surface area (Å²) >= 11 is 0. The van der Waals surface area contributed by atoms with Gasteiger partial charge in [-0.2, -0.15) is 0 Å². The highest BCUT2D eigenvalue weighted by molar-refractivity contribution is 5.46. The summed E-state index contributed by atoms with van der Waals surface area (Å²) in [5, 5.41) is 0. The van der Waals surface area contributed by atoms with Crippen molar-refractivity contribution in [1.29, 1.82) is 0 Å². The third-order valence-electron chi connectivity index (χ3n) is 5.60. The minimum absolute atomic E-state index is 0.188. The van der Waals surface area contributed by atoms with Crippen LogP contribution >= 0.6 is 0 Å². The molecule has 0 unspecified atom stereocenters. The number of rotatable bonds is 5. The number of hydrogen-bond acceptors (Lipinski definition) is 4. The van der Waals surface area contributed by atoms with E-state index in [4.69, 9.17) is 14.2 Å². The lowest BCUT2D eigenvalue weighted by atomic mass is 9.80. The summed E-state index contributed by atoms with van der Waals surface area (Å²) in [5.41, 5.74) is 1.19. The highest BCUT2D eigenvalue weighted by atomic mass is 19.1. The van der Waals surface area contributed by atoms with Crippen LogP contribution in [0.4, 0.5) is 4.39 Å². The lowest BCUT2D eigenvalue weighted by Crippen LogP contribution is -2.45. The van der Waals surface area contributed by atoms with Gasteiger partial charge in [-0.1, -0.05) is 12.1 Å². The van der Waals surface area contributed by atoms with Crippen LogP contribution in [0.3, 0.4) is 0 Å². The molecule has 0 bridgehead atoms. The Morgan fingerprint density at radius 1 is 1.11 bits per heavy atom. The fraction of sp³-hybridized carbons (Fsp3) is 0.455. The predicted molar refractivity (Wildman–Crippen MR) is 102 cm³/mol. The molecular formula is C22H26FNO3. The molecule has 0 aliphatic carbocycles. The maximum Gasteiger partial charge on any atom is 0.231 e. The Hall–Kier alpha value is -2.27. The second kappa shape index (κ2) is 7.77. The number of benzene rings is 2. The first-order valence-electron chi connectivity index (χ1n) is 9.62. The summed E-state index contributed by atoms with van der Waals surface area (Å²) in [5.74, 6) is 2.81. The Balaban J connectivity index is 1.49. The zero-order valence-corrected chi connectivity index (χ0v) is 15.9. The number of halogens is 1. The largest absolute Gasteiger partial charge is 0.493 e. The van der Waals surface area contributed by atoms with Gasteiger partial charge in [-0.05, 0) is 62.6 Å². The van der Waals surface area contributed by atoms with Crippen LogP contribution in [-0.2, 0) is 0 Å². The van der Waals surface area contributed by atoms with Crippen molar-refractivity contribution in [3.05, 3.63) is 53.8 Å². The molecule has 0 amide bonds. The quantitative estimate of drug-likeness (QED) is 0.777. The van der Waals surface area contributed by atoms with E-state index in [1.165, 1.54) is 5.56 Å². The van der Waals surface area contributed by atoms with Crippen molar-refractivity contribution >= 4 is 0 Å². The first-order chi connectivity index (χ1) is 13.1. The molecule has 0 spiro atoms. The number of likely N-dealkylation sites (tertiary alicyclic amines) is 1. The van der Waals surface area contributed by atoms with Gasteiger partial charge in [-0.3, -0.25) is 0 Å². The predicted octanol–water partition coefficient (Wildman–Crippen LogP) is 4.45. The molecule has 144 valence electrons. The molecule has 0 N–H and O–H groups in total. The van der Waals surface area contributed by atoms with Crippen molar-refractivity contribution < 1.29 is 18.6 Å². The summed E-state index contributed by atoms with van der Waals surface area (Å²) in [6.45, 7) is 7.37. The lowest BCUT2D eigenvalue weighted by Gasteiger charge is -2.40. The molecule has 2 aliphatic heterocycles. The summed E-state index contributed by atoms with van der Waals surface area (Å²) in [4.78, 5) is 2.49. The number of fused-ring (bicyclic) bond motifs is 1. The highest BCUT2D eigenvalue weighted by Crippen LogP contribution is 2.37. The van der Waals surface area contributed by atoms with Crippen molar-refractivity contribution in [2.24, 2.45) is 5.92 Å². The number of piperidine rings is 1. The zero-order valence-electron chi connectivity index (χ0n) is 15.9. The minimum Gasteiger partial charge on any atom is -0.493 e. The van der Waals surface area contributed by atoms with Gasteiger partial charge in [0.05, 0.1) is 6.61 Å². The van der Waals surface area contributed by atoms with Gasteiger partial charge in [0.1, 0.15) is 11.6 Å². The molecule has 1 fully saturated rings. The van der Waals surface area contributed by atoms with E-state index in [0.717, 1.165) is 36.8 Å². The van der Waals surface area contributed by atoms with Crippen LogP contribution in [0.2, 0.25) is 0 Å². The average molecular weight is 371 g/mol. The number of hydrogen-bond donors (Lipinski definition) is 0. The van der Waals surface area contributed by atoms with Gasteiger partial charge in [0, 0.05) is 24.6 Å². The fourth-order valence-electron chi connectivity index (χ4n) is 4.02. The molecule has 2 heterocycles. The zero-order chi connectivity index (χ0) is 18.8. The first-order valence-corrected chi connectivity index (χ1v) is 9.62. The van der Waals surface area contributed by atoms with Gasteiger partial charge in [-0.25, -0.2) is 4.39 Å². The van der Waals surface area contributed by atoms with Gasteiger partial charge < -0.3 is 19.1 Å². The van der Waals surface area contributed by atoms with Gasteiger partial charge in [0.25, 0.3) is 0 Å². The SMILES string of the molecule is CC(C)N1CC[C@@H](c2ccc(F)cc2)[C@H](COc2ccc3c(c2)OCO3)C1. The first kappa shape index (κ1) is 18.1. The summed E-state index contributed by atoms with van der Waals surface area (Å²) in [6, 6.07) is 13.1. The molecule has 0 radical (unpaired) electrons. The van der Waals surface area contributed by atoms with E-state index >= 15 is 0 Å². The van der Waals surface area contributed by atoms with Gasteiger partial charge in [-0.15, -0.1) is 0 Å². The van der Waals surface area contributed by atoms with Crippen molar-refractivity contribution in [1.82, 2.24) is 4.90 Å². The molecule has 5 heteroatoms. The maximum atomic E-state index is 13.3. The summed E-state index contributed by atoms with van der Waals surface area (Å²) in [6.07, 6.45) is 1.05. The van der Waals surface area contributed by atoms with E-state index in [0.29, 0.717) is 24.5 Å². The number of ether oxygens (including phenoxy) is 3. The molecule has 4 rings (SSSR count). The normalized spacial score (nSPS) is 22.2. The molecule has 4 nitrogen and oxygen atoms in total. The van der Waals surface area contributed by atoms with Crippen molar-refractivity contribution in [2.45, 2.75) is 32.2 Å². The Labute approximate surface area is 159 Å². The Morgan fingerprint density at radius 3 is 2.67 bits per heavy atom. The topological polar surface area (TPSA) is 30.9 Å². The van der Waals surface area contributed by atoms with Gasteiger partial charge >= 0.3 is 0 Å². The lowest BCUT2D eigenvalue weighted by molar-refractivity contribution is 0.0897. The van der Waals surface area contributed by atoms with E-state index in [1.807, 2.05) is 30.3 Å². The molecule has 0 aromatic heterocycles. The van der Waals surface area contributed by atoms with Crippen LogP contribution in [0, 0.1) is 11.7 Å². The Kier molecular flexibility index (Phi) is 5.21. The molecule has 27 heavy (non-hydrogen) atoms. The van der Waals surface area contributed by atoms with E-state index in [-0.39, 0.29) is 12.6 Å². The second-order valence-corrected chi connectivity index (χ2v) is 7.62. The molecule has 2 aliphatic rings. The van der Waals surface area contributed by atoms with Crippen LogP contribution in [0.5, 0.6) is 17.2 Å². The molecule has 1 saturated heterocycles. The van der Waals surface area contributed by atoms with Crippen molar-refractivity contribution in [3.63, 3.8) is 0 Å². The Bertz CT molecular complexity index is 778. The smallest absolute Gasteiger partial charge is 0.231 e. The second-order valence-electron chi connectivity index (χ2n) is 7.62. The van der Waals surface area contributed by atoms with E-state index in [2.05, 4.69) is 18.7 Å². The molecule has 2 aromatic carbocycles. The van der Waals surface area contributed by atoms with Crippen LogP contribution in [-0.4, -0.2) is 37.4 Å². The van der Waals surface area contributed by atoms with Crippen LogP contribution in [0.25, 0.3) is 0 Å². The third-order valence-corrected chi connectivity index (χ3v) is 5.60. The Morgan fingerprint density at radius 2 is 1.89 bits per heavy atom. The molecule has 2 atom stereocenters. The van der Waals surface area contributed by atoms with Gasteiger partial charge in [0.15, 0.2) is 11.5 Å². The minimum atomic E-state index is -0.188. The maximum absolute atomic E-state index is 13.3. The van der Waals surface area contributed by atoms with E-state index in [1.54, 1.807) is 12.1 Å². The summed E-state index contributed by atoms with van der Waals surface area (Å²) in [7, 11) is 0. The summed E-state index contributed by atoms with van der Waals surface area (Å²) < 4.78 is 30.3. The average Bonchev–Trinajstić information content (AvgIpc) is 3.14. The molecule has 0 saturated carbocycles. The van der Waals surface area contributed by atoms with E-state index in [9.17, 15) is 4.39 Å². The number of nitrogens with zero attached hydrogens (tertiary/aromatic N) is 1. The fourth-order valence-corrected chi connectivity index (χ4v) is 4.02. The molecule has 2 aromatic rings. The monoisotopic (exact) mass is 371 g/mol. The van der Waals surface area contributed by atoms with Crippen LogP contribution in [0.1, 0.15) is 31.7 Å². The third kappa shape index (κ3) is 4.03.